The lowest BCUT2D eigenvalue weighted by atomic mass is 10.1. The van der Waals surface area contributed by atoms with Crippen molar-refractivity contribution in [3.05, 3.63) is 33.8 Å². The number of rotatable bonds is 7. The zero-order chi connectivity index (χ0) is 18.2. The number of hydrogen-bond acceptors (Lipinski definition) is 3. The van der Waals surface area contributed by atoms with Crippen molar-refractivity contribution in [3.8, 4) is 0 Å². The molecule has 1 amide bonds. The minimum atomic E-state index is -0.292. The molecular formula is C16H24Cl2N4O2. The van der Waals surface area contributed by atoms with Gasteiger partial charge in [0.25, 0.3) is 5.91 Å². The molecule has 0 heterocycles. The van der Waals surface area contributed by atoms with Crippen LogP contribution < -0.4 is 16.0 Å². The maximum atomic E-state index is 12.0. The second-order valence-corrected chi connectivity index (χ2v) is 6.52. The van der Waals surface area contributed by atoms with Gasteiger partial charge in [0.2, 0.25) is 0 Å². The first-order chi connectivity index (χ1) is 11.3. The van der Waals surface area contributed by atoms with Crippen LogP contribution in [0.2, 0.25) is 10.0 Å². The normalized spacial score (nSPS) is 12.0. The van der Waals surface area contributed by atoms with Gasteiger partial charge >= 0.3 is 0 Å². The number of hydrogen-bond donors (Lipinski definition) is 3. The average Bonchev–Trinajstić information content (AvgIpc) is 2.56. The Morgan fingerprint density at radius 1 is 1.17 bits per heavy atom. The highest BCUT2D eigenvalue weighted by atomic mass is 35.5. The Kier molecular flexibility index (Phi) is 8.31. The third-order valence-electron chi connectivity index (χ3n) is 3.34. The van der Waals surface area contributed by atoms with Crippen LogP contribution in [0, 0.1) is 0 Å². The van der Waals surface area contributed by atoms with Crippen LogP contribution in [0.3, 0.4) is 0 Å². The molecule has 0 saturated heterocycles. The Morgan fingerprint density at radius 2 is 1.83 bits per heavy atom. The molecule has 0 aliphatic rings. The van der Waals surface area contributed by atoms with Gasteiger partial charge < -0.3 is 20.7 Å². The van der Waals surface area contributed by atoms with Crippen LogP contribution in [0.5, 0.6) is 0 Å². The topological polar surface area (TPSA) is 74.8 Å². The maximum absolute atomic E-state index is 12.0. The zero-order valence-corrected chi connectivity index (χ0v) is 15.9. The van der Waals surface area contributed by atoms with E-state index in [1.165, 1.54) is 0 Å². The van der Waals surface area contributed by atoms with Crippen LogP contribution >= 0.6 is 23.2 Å². The highest BCUT2D eigenvalue weighted by Gasteiger charge is 2.16. The van der Waals surface area contributed by atoms with Gasteiger partial charge in [-0.05, 0) is 32.0 Å². The first kappa shape index (κ1) is 20.5. The fourth-order valence-corrected chi connectivity index (χ4v) is 1.98. The van der Waals surface area contributed by atoms with Gasteiger partial charge in [-0.1, -0.05) is 23.2 Å². The molecule has 1 aromatic rings. The summed E-state index contributed by atoms with van der Waals surface area (Å²) in [4.78, 5) is 16.1. The Hall–Kier alpha value is -1.50. The molecule has 0 atom stereocenters. The summed E-state index contributed by atoms with van der Waals surface area (Å²) in [6.07, 6.45) is 0. The molecule has 134 valence electrons. The molecule has 0 aliphatic carbocycles. The van der Waals surface area contributed by atoms with Crippen molar-refractivity contribution in [3.63, 3.8) is 0 Å². The molecule has 0 saturated carbocycles. The van der Waals surface area contributed by atoms with Gasteiger partial charge in [-0.2, -0.15) is 0 Å². The molecular weight excluding hydrogens is 351 g/mol. The quantitative estimate of drug-likeness (QED) is 0.389. The van der Waals surface area contributed by atoms with Crippen LogP contribution in [-0.2, 0) is 4.74 Å². The van der Waals surface area contributed by atoms with E-state index in [2.05, 4.69) is 20.9 Å². The van der Waals surface area contributed by atoms with Crippen molar-refractivity contribution in [2.45, 2.75) is 19.4 Å². The first-order valence-corrected chi connectivity index (χ1v) is 8.27. The van der Waals surface area contributed by atoms with Crippen molar-refractivity contribution >= 4 is 35.1 Å². The van der Waals surface area contributed by atoms with Gasteiger partial charge in [-0.25, -0.2) is 0 Å². The van der Waals surface area contributed by atoms with E-state index in [-0.39, 0.29) is 11.5 Å². The fraction of sp³-hybridized carbons (Fsp3) is 0.500. The molecule has 0 unspecified atom stereocenters. The number of guanidine groups is 1. The van der Waals surface area contributed by atoms with Crippen LogP contribution in [0.1, 0.15) is 24.2 Å². The Bertz CT molecular complexity index is 591. The Balaban J connectivity index is 2.36. The fourth-order valence-electron chi connectivity index (χ4n) is 1.69. The first-order valence-electron chi connectivity index (χ1n) is 7.52. The second kappa shape index (κ2) is 9.71. The highest BCUT2D eigenvalue weighted by molar-refractivity contribution is 6.42. The van der Waals surface area contributed by atoms with E-state index in [0.717, 1.165) is 0 Å². The van der Waals surface area contributed by atoms with Crippen LogP contribution in [0.25, 0.3) is 0 Å². The molecule has 0 spiro atoms. The van der Waals surface area contributed by atoms with E-state index in [0.29, 0.717) is 41.2 Å². The molecule has 1 aromatic carbocycles. The molecule has 3 N–H and O–H groups in total. The molecule has 0 bridgehead atoms. The summed E-state index contributed by atoms with van der Waals surface area (Å²) in [6.45, 7) is 5.53. The SMILES string of the molecule is CN=C(NCCNC(=O)c1ccc(Cl)c(Cl)c1)NCC(C)(C)OC. The number of nitrogens with zero attached hydrogens (tertiary/aromatic N) is 1. The zero-order valence-electron chi connectivity index (χ0n) is 14.4. The molecule has 0 aromatic heterocycles. The molecule has 6 nitrogen and oxygen atoms in total. The largest absolute Gasteiger partial charge is 0.377 e. The van der Waals surface area contributed by atoms with E-state index in [9.17, 15) is 4.79 Å². The van der Waals surface area contributed by atoms with Gasteiger partial charge in [-0.15, -0.1) is 0 Å². The molecule has 0 radical (unpaired) electrons. The van der Waals surface area contributed by atoms with E-state index >= 15 is 0 Å². The summed E-state index contributed by atoms with van der Waals surface area (Å²) in [5, 5.41) is 9.85. The lowest BCUT2D eigenvalue weighted by Gasteiger charge is -2.24. The third-order valence-corrected chi connectivity index (χ3v) is 4.08. The minimum absolute atomic E-state index is 0.209. The van der Waals surface area contributed by atoms with Crippen molar-refractivity contribution in [1.29, 1.82) is 0 Å². The van der Waals surface area contributed by atoms with Crippen LogP contribution in [0.4, 0.5) is 0 Å². The number of benzene rings is 1. The molecule has 0 fully saturated rings. The second-order valence-electron chi connectivity index (χ2n) is 5.70. The van der Waals surface area contributed by atoms with Gasteiger partial charge in [0, 0.05) is 39.4 Å². The number of halogens is 2. The minimum Gasteiger partial charge on any atom is -0.377 e. The molecule has 24 heavy (non-hydrogen) atoms. The third kappa shape index (κ3) is 6.95. The predicted octanol–water partition coefficient (Wildman–Crippen LogP) is 2.31. The number of nitrogens with one attached hydrogen (secondary N) is 3. The Labute approximate surface area is 153 Å². The summed E-state index contributed by atoms with van der Waals surface area (Å²) in [7, 11) is 3.35. The van der Waals surface area contributed by atoms with Crippen molar-refractivity contribution in [2.75, 3.05) is 33.8 Å². The molecule has 1 rings (SSSR count). The van der Waals surface area contributed by atoms with Gasteiger partial charge in [-0.3, -0.25) is 9.79 Å². The number of carbonyl (C=O) groups excluding carboxylic acids is 1. The summed E-state index contributed by atoms with van der Waals surface area (Å²) >= 11 is 11.7. The standard InChI is InChI=1S/C16H24Cl2N4O2/c1-16(2,24-4)10-22-15(19-3)21-8-7-20-14(23)11-5-6-12(17)13(18)9-11/h5-6,9H,7-8,10H2,1-4H3,(H,20,23)(H2,19,21,22). The summed E-state index contributed by atoms with van der Waals surface area (Å²) in [5.74, 6) is 0.433. The molecule has 0 aliphatic heterocycles. The van der Waals surface area contributed by atoms with Gasteiger partial charge in [0.05, 0.1) is 15.6 Å². The highest BCUT2D eigenvalue weighted by Crippen LogP contribution is 2.22. The van der Waals surface area contributed by atoms with Crippen LogP contribution in [0.15, 0.2) is 23.2 Å². The number of aliphatic imine (C=N–C) groups is 1. The van der Waals surface area contributed by atoms with E-state index in [1.807, 2.05) is 13.8 Å². The predicted molar refractivity (Wildman–Crippen MR) is 99.2 cm³/mol. The summed E-state index contributed by atoms with van der Waals surface area (Å²) in [5.41, 5.74) is 0.174. The van der Waals surface area contributed by atoms with Gasteiger partial charge in [0.1, 0.15) is 0 Å². The van der Waals surface area contributed by atoms with Crippen molar-refractivity contribution in [2.24, 2.45) is 4.99 Å². The smallest absolute Gasteiger partial charge is 0.251 e. The average molecular weight is 375 g/mol. The van der Waals surface area contributed by atoms with E-state index in [4.69, 9.17) is 27.9 Å². The van der Waals surface area contributed by atoms with Crippen LogP contribution in [-0.4, -0.2) is 51.3 Å². The number of methoxy groups -OCH3 is 1. The lowest BCUT2D eigenvalue weighted by molar-refractivity contribution is 0.0268. The Morgan fingerprint density at radius 3 is 2.42 bits per heavy atom. The van der Waals surface area contributed by atoms with Crippen molar-refractivity contribution in [1.82, 2.24) is 16.0 Å². The van der Waals surface area contributed by atoms with Gasteiger partial charge in [0.15, 0.2) is 5.96 Å². The number of amides is 1. The lowest BCUT2D eigenvalue weighted by Crippen LogP contribution is -2.46. The maximum Gasteiger partial charge on any atom is 0.251 e. The van der Waals surface area contributed by atoms with Crippen molar-refractivity contribution < 1.29 is 9.53 Å². The number of carbonyl (C=O) groups is 1. The van der Waals surface area contributed by atoms with E-state index < -0.39 is 0 Å². The monoisotopic (exact) mass is 374 g/mol. The summed E-state index contributed by atoms with van der Waals surface area (Å²) in [6, 6.07) is 4.77. The van der Waals surface area contributed by atoms with E-state index in [1.54, 1.807) is 32.4 Å². The summed E-state index contributed by atoms with van der Waals surface area (Å²) < 4.78 is 5.33. The number of ether oxygens (including phenoxy) is 1. The molecule has 8 heteroatoms.